The average Bonchev–Trinajstić information content (AvgIpc) is 3.06. The second-order valence-electron chi connectivity index (χ2n) is 7.56. The lowest BCUT2D eigenvalue weighted by Crippen LogP contribution is -2.31. The second kappa shape index (κ2) is 11.2. The highest BCUT2D eigenvalue weighted by molar-refractivity contribution is 5.96. The highest BCUT2D eigenvalue weighted by Crippen LogP contribution is 2.18. The molecule has 2 aromatic rings. The van der Waals surface area contributed by atoms with Crippen LogP contribution in [0.2, 0.25) is 0 Å². The molecular formula is C24H31N3O3. The van der Waals surface area contributed by atoms with Crippen molar-refractivity contribution in [1.82, 2.24) is 4.90 Å². The number of rotatable bonds is 8. The molecule has 0 atom stereocenters. The van der Waals surface area contributed by atoms with Crippen molar-refractivity contribution < 1.29 is 14.3 Å². The van der Waals surface area contributed by atoms with Gasteiger partial charge >= 0.3 is 0 Å². The third kappa shape index (κ3) is 6.51. The van der Waals surface area contributed by atoms with Gasteiger partial charge in [0, 0.05) is 30.0 Å². The summed E-state index contributed by atoms with van der Waals surface area (Å²) >= 11 is 0. The molecule has 0 bridgehead atoms. The highest BCUT2D eigenvalue weighted by Gasteiger charge is 2.17. The molecular weight excluding hydrogens is 378 g/mol. The second-order valence-corrected chi connectivity index (χ2v) is 7.56. The lowest BCUT2D eigenvalue weighted by atomic mass is 10.1. The molecule has 30 heavy (non-hydrogen) atoms. The van der Waals surface area contributed by atoms with Gasteiger partial charge < -0.3 is 20.3 Å². The first-order chi connectivity index (χ1) is 14.7. The van der Waals surface area contributed by atoms with E-state index in [0.29, 0.717) is 12.2 Å². The van der Waals surface area contributed by atoms with Gasteiger partial charge in [0.05, 0.1) is 13.2 Å². The topological polar surface area (TPSA) is 70.7 Å². The molecule has 1 fully saturated rings. The van der Waals surface area contributed by atoms with Gasteiger partial charge in [-0.05, 0) is 61.7 Å². The summed E-state index contributed by atoms with van der Waals surface area (Å²) in [5.41, 5.74) is 2.13. The summed E-state index contributed by atoms with van der Waals surface area (Å²) in [4.78, 5) is 27.0. The summed E-state index contributed by atoms with van der Waals surface area (Å²) < 4.78 is 5.55. The Kier molecular flexibility index (Phi) is 8.12. The van der Waals surface area contributed by atoms with Crippen molar-refractivity contribution in [3.05, 3.63) is 54.1 Å². The Labute approximate surface area is 178 Å². The Bertz CT molecular complexity index is 828. The number of carbonyl (C=O) groups is 2. The lowest BCUT2D eigenvalue weighted by molar-refractivity contribution is -0.114. The molecule has 0 aliphatic carbocycles. The summed E-state index contributed by atoms with van der Waals surface area (Å²) in [5.74, 6) is 0.704. The number of nitrogens with one attached hydrogen (secondary N) is 2. The van der Waals surface area contributed by atoms with E-state index in [9.17, 15) is 9.59 Å². The van der Waals surface area contributed by atoms with Gasteiger partial charge in [-0.25, -0.2) is 0 Å². The quantitative estimate of drug-likeness (QED) is 0.671. The number of ether oxygens (including phenoxy) is 1. The Hall–Kier alpha value is -3.02. The van der Waals surface area contributed by atoms with Crippen LogP contribution in [-0.4, -0.2) is 43.0 Å². The molecule has 1 aliphatic heterocycles. The number of amides is 2. The Morgan fingerprint density at radius 1 is 0.967 bits per heavy atom. The monoisotopic (exact) mass is 409 g/mol. The average molecular weight is 410 g/mol. The first-order valence-electron chi connectivity index (χ1n) is 10.8. The van der Waals surface area contributed by atoms with Crippen LogP contribution in [0.3, 0.4) is 0 Å². The van der Waals surface area contributed by atoms with Crippen LogP contribution < -0.4 is 15.4 Å². The van der Waals surface area contributed by atoms with Gasteiger partial charge in [0.2, 0.25) is 5.91 Å². The molecule has 0 radical (unpaired) electrons. The van der Waals surface area contributed by atoms with Crippen molar-refractivity contribution in [2.24, 2.45) is 0 Å². The molecule has 1 aliphatic rings. The van der Waals surface area contributed by atoms with Gasteiger partial charge in [-0.3, -0.25) is 9.59 Å². The molecule has 0 aromatic heterocycles. The van der Waals surface area contributed by atoms with Crippen LogP contribution in [0, 0.1) is 0 Å². The minimum Gasteiger partial charge on any atom is -0.494 e. The standard InChI is InChI=1S/C24H31N3O3/c1-2-16-30-22-12-10-20(11-13-22)26-23(28)18-25-21-9-7-8-19(17-21)24(29)27-14-5-3-4-6-15-27/h7-13,17,25H,2-6,14-16,18H2,1H3,(H,26,28). The predicted octanol–water partition coefficient (Wildman–Crippen LogP) is 4.54. The number of benzene rings is 2. The Balaban J connectivity index is 1.51. The molecule has 160 valence electrons. The summed E-state index contributed by atoms with van der Waals surface area (Å²) in [7, 11) is 0. The number of anilines is 2. The maximum Gasteiger partial charge on any atom is 0.253 e. The van der Waals surface area contributed by atoms with Crippen LogP contribution in [0.4, 0.5) is 11.4 Å². The van der Waals surface area contributed by atoms with Crippen molar-refractivity contribution in [2.75, 3.05) is 36.9 Å². The fourth-order valence-electron chi connectivity index (χ4n) is 3.46. The maximum absolute atomic E-state index is 12.8. The van der Waals surface area contributed by atoms with Crippen LogP contribution in [0.5, 0.6) is 5.75 Å². The molecule has 1 heterocycles. The first-order valence-corrected chi connectivity index (χ1v) is 10.8. The molecule has 0 unspecified atom stereocenters. The van der Waals surface area contributed by atoms with Crippen LogP contribution in [0.1, 0.15) is 49.4 Å². The number of nitrogens with zero attached hydrogens (tertiary/aromatic N) is 1. The molecule has 3 rings (SSSR count). The van der Waals surface area contributed by atoms with Crippen molar-refractivity contribution in [2.45, 2.75) is 39.0 Å². The van der Waals surface area contributed by atoms with Crippen LogP contribution in [0.15, 0.2) is 48.5 Å². The van der Waals surface area contributed by atoms with E-state index in [4.69, 9.17) is 4.74 Å². The third-order valence-electron chi connectivity index (χ3n) is 5.07. The summed E-state index contributed by atoms with van der Waals surface area (Å²) in [5, 5.41) is 5.97. The van der Waals surface area contributed by atoms with Crippen LogP contribution in [-0.2, 0) is 4.79 Å². The SMILES string of the molecule is CCCOc1ccc(NC(=O)CNc2cccc(C(=O)N3CCCCCC3)c2)cc1. The van der Waals surface area contributed by atoms with Crippen LogP contribution in [0.25, 0.3) is 0 Å². The lowest BCUT2D eigenvalue weighted by Gasteiger charge is -2.20. The van der Waals surface area contributed by atoms with Crippen molar-refractivity contribution in [3.63, 3.8) is 0 Å². The first kappa shape index (κ1) is 21.7. The third-order valence-corrected chi connectivity index (χ3v) is 5.07. The minimum absolute atomic E-state index is 0.0652. The fourth-order valence-corrected chi connectivity index (χ4v) is 3.46. The Morgan fingerprint density at radius 2 is 1.70 bits per heavy atom. The maximum atomic E-state index is 12.8. The predicted molar refractivity (Wildman–Crippen MR) is 120 cm³/mol. The van der Waals surface area contributed by atoms with Gasteiger partial charge in [-0.15, -0.1) is 0 Å². The van der Waals surface area contributed by atoms with E-state index in [0.717, 1.165) is 49.5 Å². The largest absolute Gasteiger partial charge is 0.494 e. The van der Waals surface area contributed by atoms with E-state index in [1.54, 1.807) is 0 Å². The normalized spacial score (nSPS) is 14.0. The smallest absolute Gasteiger partial charge is 0.253 e. The van der Waals surface area contributed by atoms with E-state index in [1.807, 2.05) is 53.4 Å². The molecule has 2 amide bonds. The van der Waals surface area contributed by atoms with Gasteiger partial charge in [-0.1, -0.05) is 25.8 Å². The molecule has 2 aromatic carbocycles. The number of hydrogen-bond donors (Lipinski definition) is 2. The van der Waals surface area contributed by atoms with Crippen molar-refractivity contribution in [1.29, 1.82) is 0 Å². The molecule has 1 saturated heterocycles. The summed E-state index contributed by atoms with van der Waals surface area (Å²) in [6.07, 6.45) is 5.46. The zero-order chi connectivity index (χ0) is 21.2. The number of hydrogen-bond acceptors (Lipinski definition) is 4. The van der Waals surface area contributed by atoms with Crippen LogP contribution >= 0.6 is 0 Å². The van der Waals surface area contributed by atoms with E-state index >= 15 is 0 Å². The zero-order valence-electron chi connectivity index (χ0n) is 17.7. The van der Waals surface area contributed by atoms with Crippen molar-refractivity contribution in [3.8, 4) is 5.75 Å². The molecule has 0 spiro atoms. The van der Waals surface area contributed by atoms with Gasteiger partial charge in [-0.2, -0.15) is 0 Å². The van der Waals surface area contributed by atoms with E-state index in [-0.39, 0.29) is 18.4 Å². The van der Waals surface area contributed by atoms with E-state index < -0.39 is 0 Å². The van der Waals surface area contributed by atoms with Gasteiger partial charge in [0.15, 0.2) is 0 Å². The molecule has 0 saturated carbocycles. The van der Waals surface area contributed by atoms with E-state index in [1.165, 1.54) is 12.8 Å². The zero-order valence-corrected chi connectivity index (χ0v) is 17.7. The molecule has 6 heteroatoms. The van der Waals surface area contributed by atoms with Gasteiger partial charge in [0.25, 0.3) is 5.91 Å². The Morgan fingerprint density at radius 3 is 2.40 bits per heavy atom. The van der Waals surface area contributed by atoms with E-state index in [2.05, 4.69) is 17.6 Å². The fraction of sp³-hybridized carbons (Fsp3) is 0.417. The molecule has 6 nitrogen and oxygen atoms in total. The minimum atomic E-state index is -0.151. The summed E-state index contributed by atoms with van der Waals surface area (Å²) in [6, 6.07) is 14.7. The number of likely N-dealkylation sites (tertiary alicyclic amines) is 1. The number of carbonyl (C=O) groups excluding carboxylic acids is 2. The summed E-state index contributed by atoms with van der Waals surface area (Å²) in [6.45, 7) is 4.49. The molecule has 2 N–H and O–H groups in total. The van der Waals surface area contributed by atoms with Gasteiger partial charge in [0.1, 0.15) is 5.75 Å². The highest BCUT2D eigenvalue weighted by atomic mass is 16.5. The van der Waals surface area contributed by atoms with Crippen molar-refractivity contribution >= 4 is 23.2 Å².